The molecule has 0 saturated carbocycles. The summed E-state index contributed by atoms with van der Waals surface area (Å²) in [6.45, 7) is 7.37. The molecule has 0 aliphatic rings. The van der Waals surface area contributed by atoms with E-state index in [0.29, 0.717) is 25.7 Å². The molecule has 0 radical (unpaired) electrons. The fourth-order valence-electron chi connectivity index (χ4n) is 14.4. The number of hydrogen-bond donors (Lipinski definition) is 3. The van der Waals surface area contributed by atoms with Crippen molar-refractivity contribution in [2.45, 2.75) is 515 Å². The van der Waals surface area contributed by atoms with Crippen molar-refractivity contribution in [1.29, 1.82) is 0 Å². The molecule has 110 heavy (non-hydrogen) atoms. The molecule has 2 unspecified atom stereocenters. The Kier molecular flexibility index (Phi) is 82.1. The number of unbranched alkanes of at least 4 members (excludes halogenated alkanes) is 63. The largest absolute Gasteiger partial charge is 0.472 e. The Morgan fingerprint density at radius 2 is 0.418 bits per heavy atom. The normalized spacial score (nSPS) is 13.7. The van der Waals surface area contributed by atoms with Gasteiger partial charge in [-0.05, 0) is 31.6 Å². The summed E-state index contributed by atoms with van der Waals surface area (Å²) in [6, 6.07) is 0. The first-order valence-corrected chi connectivity index (χ1v) is 50.1. The molecule has 0 fully saturated rings. The molecule has 3 N–H and O–H groups in total. The molecule has 0 aliphatic heterocycles. The molecule has 0 bridgehead atoms. The Bertz CT molecular complexity index is 2080. The van der Waals surface area contributed by atoms with Crippen LogP contribution in [-0.2, 0) is 65.4 Å². The minimum Gasteiger partial charge on any atom is -0.462 e. The van der Waals surface area contributed by atoms with Crippen LogP contribution in [0.2, 0.25) is 0 Å². The molecule has 0 aromatic heterocycles. The highest BCUT2D eigenvalue weighted by atomic mass is 31.2. The van der Waals surface area contributed by atoms with E-state index in [2.05, 4.69) is 34.6 Å². The van der Waals surface area contributed by atoms with Crippen molar-refractivity contribution in [2.75, 3.05) is 39.6 Å². The monoisotopic (exact) mass is 1610 g/mol. The van der Waals surface area contributed by atoms with Crippen LogP contribution in [0.4, 0.5) is 0 Å². The van der Waals surface area contributed by atoms with E-state index in [-0.39, 0.29) is 25.7 Å². The molecule has 5 atom stereocenters. The first-order valence-electron chi connectivity index (χ1n) is 47.1. The maximum Gasteiger partial charge on any atom is 0.472 e. The second kappa shape index (κ2) is 83.5. The van der Waals surface area contributed by atoms with Gasteiger partial charge in [-0.15, -0.1) is 0 Å². The zero-order chi connectivity index (χ0) is 80.4. The second-order valence-corrected chi connectivity index (χ2v) is 36.1. The number of rotatable bonds is 91. The fraction of sp³-hybridized carbons (Fsp3) is 0.956. The van der Waals surface area contributed by atoms with E-state index in [0.717, 1.165) is 109 Å². The van der Waals surface area contributed by atoms with E-state index >= 15 is 0 Å². The number of carbonyl (C=O) groups excluding carboxylic acids is 4. The first-order chi connectivity index (χ1) is 53.5. The van der Waals surface area contributed by atoms with E-state index in [1.165, 1.54) is 308 Å². The lowest BCUT2D eigenvalue weighted by molar-refractivity contribution is -0.161. The van der Waals surface area contributed by atoms with Gasteiger partial charge in [-0.25, -0.2) is 9.13 Å². The molecule has 0 amide bonds. The first kappa shape index (κ1) is 108. The summed E-state index contributed by atoms with van der Waals surface area (Å²) in [5.74, 6) is -1.29. The quantitative estimate of drug-likeness (QED) is 0.0222. The van der Waals surface area contributed by atoms with E-state index in [1.807, 2.05) is 0 Å². The lowest BCUT2D eigenvalue weighted by Gasteiger charge is -2.21. The molecule has 0 aromatic carbocycles. The van der Waals surface area contributed by atoms with Gasteiger partial charge in [-0.2, -0.15) is 0 Å². The van der Waals surface area contributed by atoms with Crippen LogP contribution in [0.15, 0.2) is 0 Å². The highest BCUT2D eigenvalue weighted by Gasteiger charge is 2.31. The molecule has 17 nitrogen and oxygen atoms in total. The van der Waals surface area contributed by atoms with Gasteiger partial charge >= 0.3 is 39.5 Å². The number of phosphoric ester groups is 2. The molecular weight excluding hydrogens is 1430 g/mol. The third-order valence-corrected chi connectivity index (χ3v) is 23.4. The van der Waals surface area contributed by atoms with Crippen molar-refractivity contribution < 1.29 is 80.2 Å². The zero-order valence-electron chi connectivity index (χ0n) is 72.4. The predicted octanol–water partition coefficient (Wildman–Crippen LogP) is 28.3. The summed E-state index contributed by atoms with van der Waals surface area (Å²) >= 11 is 0. The Morgan fingerprint density at radius 3 is 0.618 bits per heavy atom. The average molecular weight is 1610 g/mol. The van der Waals surface area contributed by atoms with E-state index in [4.69, 9.17) is 37.0 Å². The Labute approximate surface area is 677 Å². The molecule has 19 heteroatoms. The number of ether oxygens (including phenoxy) is 4. The number of carbonyl (C=O) groups is 4. The molecule has 0 saturated heterocycles. The summed E-state index contributed by atoms with van der Waals surface area (Å²) in [4.78, 5) is 73.2. The van der Waals surface area contributed by atoms with Gasteiger partial charge in [0.25, 0.3) is 0 Å². The molecule has 0 spiro atoms. The van der Waals surface area contributed by atoms with Gasteiger partial charge in [0, 0.05) is 25.7 Å². The molecule has 0 heterocycles. The number of phosphoric acid groups is 2. The Morgan fingerprint density at radius 1 is 0.245 bits per heavy atom. The summed E-state index contributed by atoms with van der Waals surface area (Å²) in [7, 11) is -9.93. The SMILES string of the molecule is CCCCCCCCCCCCCCCCCCCCCCCCC(=O)OC[C@H](COP(=O)(O)OC[C@@H](O)COP(=O)(O)OC[C@@H](COC(=O)CCCCCCCCC)OC(=O)CCCCCCCCCCCCCCCCCCC(C)C)OC(=O)CCCCCCCCCCCCCCCCCCCCCCCC. The van der Waals surface area contributed by atoms with Gasteiger partial charge in [-0.1, -0.05) is 446 Å². The van der Waals surface area contributed by atoms with Crippen molar-refractivity contribution in [1.82, 2.24) is 0 Å². The Hall–Kier alpha value is -1.94. The standard InChI is InChI=1S/C91H178O17P2/c1-6-9-12-15-18-20-22-24-26-28-30-32-34-36-38-43-47-51-55-60-65-70-75-89(94)102-81-87(108-91(96)77-72-66-61-56-52-48-44-39-37-35-33-31-29-27-25-23-21-19-16-13-10-7-2)83-106-110(99,100)104-79-85(92)78-103-109(97,98)105-82-86(80-101-88(93)74-69-64-58-17-14-11-8-3)107-90(95)76-71-67-62-57-53-49-45-41-40-42-46-50-54-59-63-68-73-84(4)5/h84-87,92H,6-83H2,1-5H3,(H,97,98)(H,99,100)/t85-,86+,87+/m0/s1. The van der Waals surface area contributed by atoms with Gasteiger partial charge in [-0.3, -0.25) is 37.3 Å². The third-order valence-electron chi connectivity index (χ3n) is 21.5. The topological polar surface area (TPSA) is 237 Å². The van der Waals surface area contributed by atoms with Crippen LogP contribution in [0.3, 0.4) is 0 Å². The molecule has 0 aliphatic carbocycles. The zero-order valence-corrected chi connectivity index (χ0v) is 74.2. The van der Waals surface area contributed by atoms with Gasteiger partial charge in [0.2, 0.25) is 0 Å². The second-order valence-electron chi connectivity index (χ2n) is 33.2. The molecule has 0 aromatic rings. The minimum absolute atomic E-state index is 0.108. The van der Waals surface area contributed by atoms with Crippen LogP contribution in [-0.4, -0.2) is 96.7 Å². The summed E-state index contributed by atoms with van der Waals surface area (Å²) in [5, 5.41) is 10.7. The number of aliphatic hydroxyl groups is 1. The maximum absolute atomic E-state index is 13.2. The molecule has 654 valence electrons. The number of aliphatic hydroxyl groups excluding tert-OH is 1. The van der Waals surface area contributed by atoms with Crippen LogP contribution >= 0.6 is 15.6 Å². The smallest absolute Gasteiger partial charge is 0.462 e. The number of hydrogen-bond acceptors (Lipinski definition) is 15. The van der Waals surface area contributed by atoms with Gasteiger partial charge in [0.05, 0.1) is 26.4 Å². The lowest BCUT2D eigenvalue weighted by atomic mass is 10.0. The van der Waals surface area contributed by atoms with Gasteiger partial charge in [0.15, 0.2) is 12.2 Å². The van der Waals surface area contributed by atoms with Gasteiger partial charge in [0.1, 0.15) is 19.3 Å². The average Bonchev–Trinajstić information content (AvgIpc) is 0.898. The van der Waals surface area contributed by atoms with E-state index in [9.17, 15) is 43.2 Å². The summed E-state index contributed by atoms with van der Waals surface area (Å²) in [5.41, 5.74) is 0. The van der Waals surface area contributed by atoms with Crippen LogP contribution in [0.25, 0.3) is 0 Å². The summed E-state index contributed by atoms with van der Waals surface area (Å²) in [6.07, 6.45) is 79.7. The van der Waals surface area contributed by atoms with Crippen LogP contribution in [0.1, 0.15) is 497 Å². The van der Waals surface area contributed by atoms with Crippen molar-refractivity contribution in [2.24, 2.45) is 5.92 Å². The lowest BCUT2D eigenvalue weighted by Crippen LogP contribution is -2.30. The third kappa shape index (κ3) is 84.0. The molecular formula is C91H178O17P2. The van der Waals surface area contributed by atoms with Crippen molar-refractivity contribution in [3.63, 3.8) is 0 Å². The van der Waals surface area contributed by atoms with Crippen molar-refractivity contribution in [3.8, 4) is 0 Å². The number of esters is 4. The van der Waals surface area contributed by atoms with Crippen LogP contribution < -0.4 is 0 Å². The highest BCUT2D eigenvalue weighted by Crippen LogP contribution is 2.45. The fourth-order valence-corrected chi connectivity index (χ4v) is 15.9. The van der Waals surface area contributed by atoms with E-state index in [1.54, 1.807) is 0 Å². The van der Waals surface area contributed by atoms with Crippen molar-refractivity contribution in [3.05, 3.63) is 0 Å². The maximum atomic E-state index is 13.2. The van der Waals surface area contributed by atoms with Gasteiger partial charge < -0.3 is 33.8 Å². The Balaban J connectivity index is 5.13. The minimum atomic E-state index is -4.97. The van der Waals surface area contributed by atoms with E-state index < -0.39 is 97.5 Å². The predicted molar refractivity (Wildman–Crippen MR) is 455 cm³/mol. The summed E-state index contributed by atoms with van der Waals surface area (Å²) < 4.78 is 68.9. The van der Waals surface area contributed by atoms with Crippen LogP contribution in [0, 0.1) is 5.92 Å². The van der Waals surface area contributed by atoms with Crippen LogP contribution in [0.5, 0.6) is 0 Å². The van der Waals surface area contributed by atoms with Crippen molar-refractivity contribution >= 4 is 39.5 Å². The molecule has 0 rings (SSSR count). The highest BCUT2D eigenvalue weighted by molar-refractivity contribution is 7.47.